The molecule has 0 spiro atoms. The van der Waals surface area contributed by atoms with Crippen molar-refractivity contribution in [2.24, 2.45) is 0 Å². The third-order valence-corrected chi connectivity index (χ3v) is 14.9. The van der Waals surface area contributed by atoms with Crippen LogP contribution < -0.4 is 21.3 Å². The van der Waals surface area contributed by atoms with Crippen LogP contribution >= 0.6 is 43.2 Å². The first-order chi connectivity index (χ1) is 28.0. The number of amides is 4. The van der Waals surface area contributed by atoms with Gasteiger partial charge in [-0.1, -0.05) is 56.0 Å². The van der Waals surface area contributed by atoms with Crippen molar-refractivity contribution < 1.29 is 52.9 Å². The van der Waals surface area contributed by atoms with Gasteiger partial charge in [0, 0.05) is 56.1 Å². The number of rotatable bonds is 24. The second kappa shape index (κ2) is 30.5. The Kier molecular flexibility index (Phi) is 29.2. The Hall–Kier alpha value is -2.58. The Morgan fingerprint density at radius 2 is 1.05 bits per heavy atom. The molecule has 6 atom stereocenters. The lowest BCUT2D eigenvalue weighted by Crippen LogP contribution is -2.51. The maximum atomic E-state index is 12.9. The van der Waals surface area contributed by atoms with Crippen LogP contribution in [0.3, 0.4) is 0 Å². The van der Waals surface area contributed by atoms with Gasteiger partial charge in [-0.15, -0.1) is 0 Å². The Balaban J connectivity index is 0.00000120. The molecule has 0 aromatic heterocycles. The van der Waals surface area contributed by atoms with Crippen LogP contribution in [0.5, 0.6) is 0 Å². The van der Waals surface area contributed by atoms with E-state index >= 15 is 0 Å². The molecule has 0 aromatic rings. The highest BCUT2D eigenvalue weighted by molar-refractivity contribution is 8.77. The second-order valence-electron chi connectivity index (χ2n) is 17.1. The van der Waals surface area contributed by atoms with Crippen LogP contribution in [-0.2, 0) is 47.8 Å². The summed E-state index contributed by atoms with van der Waals surface area (Å²) in [5.41, 5.74) is -1.32. The van der Waals surface area contributed by atoms with E-state index in [1.54, 1.807) is 48.5 Å². The fraction of sp³-hybridized carbons (Fsp3) is 0.805. The van der Waals surface area contributed by atoms with Crippen LogP contribution in [0.15, 0.2) is 0 Å². The van der Waals surface area contributed by atoms with Crippen LogP contribution in [0.2, 0.25) is 0 Å². The minimum Gasteiger partial charge on any atom is -0.481 e. The van der Waals surface area contributed by atoms with Crippen molar-refractivity contribution in [3.63, 3.8) is 0 Å². The van der Waals surface area contributed by atoms with Crippen molar-refractivity contribution >= 4 is 98.9 Å². The van der Waals surface area contributed by atoms with Gasteiger partial charge in [-0.25, -0.2) is 4.79 Å². The van der Waals surface area contributed by atoms with E-state index in [-0.39, 0.29) is 51.7 Å². The van der Waals surface area contributed by atoms with Gasteiger partial charge >= 0.3 is 17.9 Å². The van der Waals surface area contributed by atoms with Gasteiger partial charge in [0.15, 0.2) is 5.78 Å². The van der Waals surface area contributed by atoms with Gasteiger partial charge in [0.2, 0.25) is 23.6 Å². The fourth-order valence-corrected chi connectivity index (χ4v) is 11.7. The monoisotopic (exact) mass is 933 g/mol. The average Bonchev–Trinajstić information content (AvgIpc) is 3.86. The molecular weight excluding hydrogens is 864 g/mol. The molecule has 2 aliphatic heterocycles. The Morgan fingerprint density at radius 1 is 0.623 bits per heavy atom. The van der Waals surface area contributed by atoms with Gasteiger partial charge in [0.1, 0.15) is 29.3 Å². The van der Waals surface area contributed by atoms with E-state index in [9.17, 15) is 38.4 Å². The standard InChI is InChI=1S/C24H42N2O6S2.C17H28N2O5S2.B/c1-16(22(30)32-24(5,6)7)25-21(29)18(12-13-20(28)31-23(2,3)4)26-19(27)11-9-8-10-17-14-15-33-34-17;1-11(12(2)20)18-17(24)14(7-8-16(22)23)19-15(21)6-4-3-5-13-9-10-25-26-13;/h16-18H,8-15H2,1-7H3,(H,25,29)(H,26,27);11,13-14H,3-10H2,1-2H3,(H,18,24)(H,19,21)(H,22,23);/t16?,17-,18?;11?,13-,14?;/m11./s1. The first-order valence-corrected chi connectivity index (χ1v) is 25.6. The molecule has 0 aromatic carbocycles. The second-order valence-corrected chi connectivity index (χ2v) is 22.6. The lowest BCUT2D eigenvalue weighted by Gasteiger charge is -2.25. The molecule has 61 heavy (non-hydrogen) atoms. The summed E-state index contributed by atoms with van der Waals surface area (Å²) in [5, 5.41) is 20.6. The van der Waals surface area contributed by atoms with E-state index in [1.165, 1.54) is 38.2 Å². The molecule has 2 fully saturated rings. The van der Waals surface area contributed by atoms with E-state index in [1.807, 2.05) is 43.2 Å². The first-order valence-electron chi connectivity index (χ1n) is 20.9. The number of Topliss-reactive ketones (excluding diaryl/α,β-unsaturated/α-hetero) is 1. The maximum absolute atomic E-state index is 12.9. The number of hydrogen-bond donors (Lipinski definition) is 5. The topological polar surface area (TPSA) is 223 Å². The normalized spacial score (nSPS) is 18.0. The van der Waals surface area contributed by atoms with Gasteiger partial charge in [0.05, 0.1) is 6.04 Å². The predicted molar refractivity (Wildman–Crippen MR) is 247 cm³/mol. The van der Waals surface area contributed by atoms with Crippen molar-refractivity contribution in [2.75, 3.05) is 11.5 Å². The largest absolute Gasteiger partial charge is 0.481 e. The molecular formula is C41H70BN4O11S4. The number of carboxylic acid groups (broad SMARTS) is 1. The van der Waals surface area contributed by atoms with Crippen LogP contribution in [-0.4, -0.2) is 118 Å². The van der Waals surface area contributed by atoms with E-state index in [2.05, 4.69) is 21.3 Å². The zero-order chi connectivity index (χ0) is 45.5. The number of ether oxygens (including phenoxy) is 2. The number of aliphatic carboxylic acids is 1. The van der Waals surface area contributed by atoms with Crippen LogP contribution in [0, 0.1) is 0 Å². The van der Waals surface area contributed by atoms with Crippen molar-refractivity contribution in [3.05, 3.63) is 0 Å². The molecule has 2 rings (SSSR count). The van der Waals surface area contributed by atoms with Gasteiger partial charge < -0.3 is 35.8 Å². The highest BCUT2D eigenvalue weighted by Crippen LogP contribution is 2.40. The number of hydrogen-bond acceptors (Lipinski definition) is 14. The summed E-state index contributed by atoms with van der Waals surface area (Å²) in [5.74, 6) is -1.46. The molecule has 3 radical (unpaired) electrons. The summed E-state index contributed by atoms with van der Waals surface area (Å²) < 4.78 is 10.6. The summed E-state index contributed by atoms with van der Waals surface area (Å²) in [6.45, 7) is 15.0. The summed E-state index contributed by atoms with van der Waals surface area (Å²) in [6.07, 6.45) is 8.41. The Bertz CT molecular complexity index is 1420. The third-order valence-electron chi connectivity index (χ3n) is 8.91. The minimum atomic E-state index is -1.04. The summed E-state index contributed by atoms with van der Waals surface area (Å²) >= 11 is 0. The molecule has 2 aliphatic rings. The Labute approximate surface area is 380 Å². The molecule has 4 unspecified atom stereocenters. The molecule has 2 heterocycles. The van der Waals surface area contributed by atoms with Crippen molar-refractivity contribution in [2.45, 2.75) is 198 Å². The van der Waals surface area contributed by atoms with Gasteiger partial charge in [-0.05, 0) is 114 Å². The first kappa shape index (κ1) is 58.4. The molecule has 5 N–H and O–H groups in total. The molecule has 0 saturated carbocycles. The van der Waals surface area contributed by atoms with Crippen molar-refractivity contribution in [1.82, 2.24) is 21.3 Å². The highest BCUT2D eigenvalue weighted by Gasteiger charge is 2.29. The average molecular weight is 934 g/mol. The lowest BCUT2D eigenvalue weighted by molar-refractivity contribution is -0.159. The van der Waals surface area contributed by atoms with Gasteiger partial charge in [-0.2, -0.15) is 0 Å². The minimum absolute atomic E-state index is 0. The van der Waals surface area contributed by atoms with Crippen LogP contribution in [0.1, 0.15) is 152 Å². The molecule has 20 heteroatoms. The summed E-state index contributed by atoms with van der Waals surface area (Å²) in [6, 6.07) is -3.46. The molecule has 2 saturated heterocycles. The number of nitrogens with one attached hydrogen (secondary N) is 4. The van der Waals surface area contributed by atoms with Crippen LogP contribution in [0.4, 0.5) is 0 Å². The van der Waals surface area contributed by atoms with E-state index in [0.717, 1.165) is 38.5 Å². The number of carboxylic acids is 1. The molecule has 0 aliphatic carbocycles. The zero-order valence-corrected chi connectivity index (χ0v) is 40.8. The molecule has 4 amide bonds. The molecule has 15 nitrogen and oxygen atoms in total. The van der Waals surface area contributed by atoms with E-state index < -0.39 is 65.1 Å². The lowest BCUT2D eigenvalue weighted by atomic mass is 10.1. The number of carbonyl (C=O) groups excluding carboxylic acids is 7. The zero-order valence-electron chi connectivity index (χ0n) is 37.5. The van der Waals surface area contributed by atoms with Crippen molar-refractivity contribution in [1.29, 1.82) is 0 Å². The number of ketones is 1. The maximum Gasteiger partial charge on any atom is 0.328 e. The molecule has 0 bridgehead atoms. The van der Waals surface area contributed by atoms with Crippen molar-refractivity contribution in [3.8, 4) is 0 Å². The predicted octanol–water partition coefficient (Wildman–Crippen LogP) is 5.92. The third kappa shape index (κ3) is 29.4. The van der Waals surface area contributed by atoms with Gasteiger partial charge in [0.25, 0.3) is 0 Å². The van der Waals surface area contributed by atoms with E-state index in [4.69, 9.17) is 14.6 Å². The number of esters is 2. The Morgan fingerprint density at radius 3 is 1.43 bits per heavy atom. The fourth-order valence-electron chi connectivity index (χ4n) is 5.62. The highest BCUT2D eigenvalue weighted by atomic mass is 33.1. The van der Waals surface area contributed by atoms with Gasteiger partial charge in [-0.3, -0.25) is 33.6 Å². The SMILES string of the molecule is CC(=O)C(C)NC(=O)C(CCC(=O)O)NC(=O)CCCC[C@@H]1CCSS1.CC(NC(=O)C(CCC(=O)OC(C)(C)C)NC(=O)CCCC[C@@H]1CCSS1)C(=O)OC(C)(C)C.[B]. The summed E-state index contributed by atoms with van der Waals surface area (Å²) in [4.78, 5) is 96.2. The number of unbranched alkanes of at least 4 members (excludes halogenated alkanes) is 2. The number of carbonyl (C=O) groups is 8. The smallest absolute Gasteiger partial charge is 0.328 e. The quantitative estimate of drug-likeness (QED) is 0.0328. The van der Waals surface area contributed by atoms with E-state index in [0.29, 0.717) is 23.3 Å². The molecule has 347 valence electrons. The summed E-state index contributed by atoms with van der Waals surface area (Å²) in [7, 11) is 7.63. The van der Waals surface area contributed by atoms with Crippen LogP contribution in [0.25, 0.3) is 0 Å².